The number of carbonyl (C=O) groups is 1. The lowest BCUT2D eigenvalue weighted by Crippen LogP contribution is -2.26. The topological polar surface area (TPSA) is 99.1 Å². The van der Waals surface area contributed by atoms with Gasteiger partial charge in [0.2, 0.25) is 10.0 Å². The number of carbonyl (C=O) groups excluding carboxylic acids is 1. The minimum atomic E-state index is -3.71. The number of benzene rings is 2. The molecule has 6 nitrogen and oxygen atoms in total. The third-order valence-electron chi connectivity index (χ3n) is 3.59. The summed E-state index contributed by atoms with van der Waals surface area (Å²) in [4.78, 5) is 12.1. The Hall–Kier alpha value is -2.76. The Labute approximate surface area is 151 Å². The smallest absolute Gasteiger partial charge is 0.251 e. The molecule has 0 bridgehead atoms. The standard InChI is InChI=1S/C18H18FN3O3S/c19-17-5-2-1-4-14(17)10-13-21-18(23)15-6-8-16(9-7-15)26(24,25)22-12-3-11-20/h1-2,4-9,22H,3,10,12-13H2,(H,21,23). The maximum Gasteiger partial charge on any atom is 0.251 e. The number of nitriles is 1. The van der Waals surface area contributed by atoms with Gasteiger partial charge in [-0.3, -0.25) is 4.79 Å². The maximum absolute atomic E-state index is 13.5. The van der Waals surface area contributed by atoms with Gasteiger partial charge >= 0.3 is 0 Å². The van der Waals surface area contributed by atoms with E-state index in [0.717, 1.165) is 0 Å². The Morgan fingerprint density at radius 2 is 1.77 bits per heavy atom. The summed E-state index contributed by atoms with van der Waals surface area (Å²) >= 11 is 0. The number of nitrogens with zero attached hydrogens (tertiary/aromatic N) is 1. The average molecular weight is 375 g/mol. The van der Waals surface area contributed by atoms with E-state index in [1.807, 2.05) is 6.07 Å². The van der Waals surface area contributed by atoms with Gasteiger partial charge in [0, 0.05) is 25.1 Å². The molecule has 26 heavy (non-hydrogen) atoms. The van der Waals surface area contributed by atoms with E-state index in [4.69, 9.17) is 5.26 Å². The van der Waals surface area contributed by atoms with Gasteiger partial charge in [0.25, 0.3) is 5.91 Å². The zero-order valence-corrected chi connectivity index (χ0v) is 14.7. The summed E-state index contributed by atoms with van der Waals surface area (Å²) in [6, 6.07) is 13.6. The van der Waals surface area contributed by atoms with Crippen molar-refractivity contribution in [3.63, 3.8) is 0 Å². The van der Waals surface area contributed by atoms with Crippen LogP contribution >= 0.6 is 0 Å². The predicted octanol–water partition coefficient (Wildman–Crippen LogP) is 1.99. The second kappa shape index (κ2) is 9.08. The van der Waals surface area contributed by atoms with Gasteiger partial charge < -0.3 is 5.32 Å². The fraction of sp³-hybridized carbons (Fsp3) is 0.222. The van der Waals surface area contributed by atoms with Crippen molar-refractivity contribution in [3.05, 3.63) is 65.5 Å². The van der Waals surface area contributed by atoms with Gasteiger partial charge in [-0.1, -0.05) is 18.2 Å². The fourth-order valence-corrected chi connectivity index (χ4v) is 3.26. The molecule has 0 saturated heterocycles. The largest absolute Gasteiger partial charge is 0.352 e. The molecule has 0 saturated carbocycles. The van der Waals surface area contributed by atoms with Gasteiger partial charge in [0.15, 0.2) is 0 Å². The van der Waals surface area contributed by atoms with E-state index in [-0.39, 0.29) is 36.1 Å². The van der Waals surface area contributed by atoms with Crippen LogP contribution in [0.1, 0.15) is 22.3 Å². The number of hydrogen-bond acceptors (Lipinski definition) is 4. The number of halogens is 1. The lowest BCUT2D eigenvalue weighted by molar-refractivity contribution is 0.0954. The summed E-state index contributed by atoms with van der Waals surface area (Å²) < 4.78 is 39.8. The van der Waals surface area contributed by atoms with Gasteiger partial charge in [0.05, 0.1) is 11.0 Å². The molecule has 2 N–H and O–H groups in total. The van der Waals surface area contributed by atoms with Crippen LogP contribution in [0.25, 0.3) is 0 Å². The van der Waals surface area contributed by atoms with E-state index >= 15 is 0 Å². The molecule has 0 spiro atoms. The zero-order valence-electron chi connectivity index (χ0n) is 13.9. The highest BCUT2D eigenvalue weighted by molar-refractivity contribution is 7.89. The maximum atomic E-state index is 13.5. The third-order valence-corrected chi connectivity index (χ3v) is 5.07. The molecule has 2 rings (SSSR count). The summed E-state index contributed by atoms with van der Waals surface area (Å²) in [5, 5.41) is 11.1. The van der Waals surface area contributed by atoms with Crippen molar-refractivity contribution in [1.29, 1.82) is 5.26 Å². The second-order valence-electron chi connectivity index (χ2n) is 5.43. The second-order valence-corrected chi connectivity index (χ2v) is 7.19. The van der Waals surface area contributed by atoms with Crippen LogP contribution in [-0.4, -0.2) is 27.4 Å². The van der Waals surface area contributed by atoms with Crippen LogP contribution < -0.4 is 10.0 Å². The van der Waals surface area contributed by atoms with Crippen molar-refractivity contribution in [3.8, 4) is 6.07 Å². The summed E-state index contributed by atoms with van der Waals surface area (Å²) in [6.45, 7) is 0.284. The van der Waals surface area contributed by atoms with E-state index in [1.54, 1.807) is 18.2 Å². The van der Waals surface area contributed by atoms with Crippen molar-refractivity contribution >= 4 is 15.9 Å². The van der Waals surface area contributed by atoms with Crippen LogP contribution in [0, 0.1) is 17.1 Å². The van der Waals surface area contributed by atoms with Crippen molar-refractivity contribution in [2.75, 3.05) is 13.1 Å². The lowest BCUT2D eigenvalue weighted by Gasteiger charge is -2.08. The van der Waals surface area contributed by atoms with Crippen LogP contribution in [0.2, 0.25) is 0 Å². The van der Waals surface area contributed by atoms with E-state index in [1.165, 1.54) is 30.3 Å². The van der Waals surface area contributed by atoms with E-state index < -0.39 is 10.0 Å². The first-order valence-corrected chi connectivity index (χ1v) is 9.40. The van der Waals surface area contributed by atoms with Gasteiger partial charge in [-0.05, 0) is 42.3 Å². The number of hydrogen-bond donors (Lipinski definition) is 2. The van der Waals surface area contributed by atoms with Crippen LogP contribution in [0.15, 0.2) is 53.4 Å². The molecule has 0 aromatic heterocycles. The monoisotopic (exact) mass is 375 g/mol. The van der Waals surface area contributed by atoms with Crippen LogP contribution in [0.5, 0.6) is 0 Å². The first kappa shape index (κ1) is 19.6. The SMILES string of the molecule is N#CCCNS(=O)(=O)c1ccc(C(=O)NCCc2ccccc2F)cc1. The summed E-state index contributed by atoms with van der Waals surface area (Å²) in [7, 11) is -3.71. The molecular weight excluding hydrogens is 357 g/mol. The molecule has 2 aromatic carbocycles. The highest BCUT2D eigenvalue weighted by atomic mass is 32.2. The molecule has 0 aliphatic heterocycles. The van der Waals surface area contributed by atoms with Gasteiger partial charge in [-0.15, -0.1) is 0 Å². The van der Waals surface area contributed by atoms with Gasteiger partial charge in [0.1, 0.15) is 5.82 Å². The Balaban J connectivity index is 1.92. The molecule has 8 heteroatoms. The molecule has 136 valence electrons. The molecule has 0 fully saturated rings. The number of rotatable bonds is 8. The lowest BCUT2D eigenvalue weighted by atomic mass is 10.1. The Bertz CT molecular complexity index is 906. The highest BCUT2D eigenvalue weighted by Gasteiger charge is 2.14. The van der Waals surface area contributed by atoms with E-state index in [0.29, 0.717) is 17.5 Å². The molecule has 2 aromatic rings. The van der Waals surface area contributed by atoms with E-state index in [9.17, 15) is 17.6 Å². The van der Waals surface area contributed by atoms with Crippen molar-refractivity contribution in [1.82, 2.24) is 10.0 Å². The van der Waals surface area contributed by atoms with Crippen LogP contribution in [-0.2, 0) is 16.4 Å². The van der Waals surface area contributed by atoms with Crippen molar-refractivity contribution in [2.45, 2.75) is 17.7 Å². The Morgan fingerprint density at radius 1 is 1.08 bits per heavy atom. The Morgan fingerprint density at radius 3 is 2.42 bits per heavy atom. The molecule has 0 radical (unpaired) electrons. The zero-order chi connectivity index (χ0) is 19.0. The quantitative estimate of drug-likeness (QED) is 0.689. The minimum absolute atomic E-state index is 0.0124. The number of amides is 1. The first-order chi connectivity index (χ1) is 12.4. The average Bonchev–Trinajstić information content (AvgIpc) is 2.63. The fourth-order valence-electron chi connectivity index (χ4n) is 2.22. The molecular formula is C18H18FN3O3S. The molecule has 0 aliphatic rings. The summed E-state index contributed by atoms with van der Waals surface area (Å²) in [5.41, 5.74) is 0.812. The predicted molar refractivity (Wildman–Crippen MR) is 94.3 cm³/mol. The van der Waals surface area contributed by atoms with Crippen molar-refractivity contribution < 1.29 is 17.6 Å². The molecule has 1 amide bonds. The normalized spacial score (nSPS) is 10.9. The minimum Gasteiger partial charge on any atom is -0.352 e. The molecule has 0 aliphatic carbocycles. The van der Waals surface area contributed by atoms with E-state index in [2.05, 4.69) is 10.0 Å². The number of nitrogens with one attached hydrogen (secondary N) is 2. The summed E-state index contributed by atoms with van der Waals surface area (Å²) in [6.07, 6.45) is 0.426. The number of sulfonamides is 1. The molecule has 0 heterocycles. The van der Waals surface area contributed by atoms with Crippen LogP contribution in [0.4, 0.5) is 4.39 Å². The molecule has 0 unspecified atom stereocenters. The van der Waals surface area contributed by atoms with Gasteiger partial charge in [-0.2, -0.15) is 5.26 Å². The first-order valence-electron chi connectivity index (χ1n) is 7.92. The summed E-state index contributed by atoms with van der Waals surface area (Å²) in [5.74, 6) is -0.692. The van der Waals surface area contributed by atoms with Crippen LogP contribution in [0.3, 0.4) is 0 Å². The molecule has 0 atom stereocenters. The van der Waals surface area contributed by atoms with Crippen molar-refractivity contribution in [2.24, 2.45) is 0 Å². The third kappa shape index (κ3) is 5.37. The highest BCUT2D eigenvalue weighted by Crippen LogP contribution is 2.11. The Kier molecular flexibility index (Phi) is 6.83. The van der Waals surface area contributed by atoms with Gasteiger partial charge in [-0.25, -0.2) is 17.5 Å².